The van der Waals surface area contributed by atoms with Gasteiger partial charge in [-0.15, -0.1) is 0 Å². The normalized spacial score (nSPS) is 10.3. The summed E-state index contributed by atoms with van der Waals surface area (Å²) in [5, 5.41) is 0. The lowest BCUT2D eigenvalue weighted by Crippen LogP contribution is -2.19. The average molecular weight is 269 g/mol. The minimum Gasteiger partial charge on any atom is -0.397 e. The number of benzene rings is 2. The second kappa shape index (κ2) is 5.65. The molecular weight excluding hydrogens is 250 g/mol. The number of rotatable bonds is 4. The summed E-state index contributed by atoms with van der Waals surface area (Å²) < 4.78 is 0. The molecule has 0 saturated carbocycles. The third kappa shape index (κ3) is 3.09. The van der Waals surface area contributed by atoms with Crippen molar-refractivity contribution in [2.45, 2.75) is 13.5 Å². The van der Waals surface area contributed by atoms with E-state index in [1.807, 2.05) is 19.2 Å². The van der Waals surface area contributed by atoms with Gasteiger partial charge in [0.1, 0.15) is 0 Å². The van der Waals surface area contributed by atoms with Crippen LogP contribution in [0.2, 0.25) is 0 Å². The van der Waals surface area contributed by atoms with Crippen molar-refractivity contribution >= 4 is 17.3 Å². The van der Waals surface area contributed by atoms with Crippen LogP contribution in [0.3, 0.4) is 0 Å². The first-order valence-electron chi connectivity index (χ1n) is 6.43. The number of nitrogen functional groups attached to an aromatic ring is 1. The molecule has 0 bridgehead atoms. The van der Waals surface area contributed by atoms with Crippen LogP contribution < -0.4 is 16.4 Å². The van der Waals surface area contributed by atoms with Gasteiger partial charge < -0.3 is 16.4 Å². The zero-order valence-electron chi connectivity index (χ0n) is 11.8. The monoisotopic (exact) mass is 269 g/mol. The van der Waals surface area contributed by atoms with Gasteiger partial charge in [0.2, 0.25) is 5.91 Å². The van der Waals surface area contributed by atoms with Gasteiger partial charge >= 0.3 is 0 Å². The number of hydrogen-bond donors (Lipinski definition) is 2. The van der Waals surface area contributed by atoms with E-state index in [4.69, 9.17) is 11.5 Å². The van der Waals surface area contributed by atoms with E-state index in [0.717, 1.165) is 12.2 Å². The van der Waals surface area contributed by atoms with Gasteiger partial charge in [-0.1, -0.05) is 29.8 Å². The molecule has 0 fully saturated rings. The Hall–Kier alpha value is -2.49. The smallest absolute Gasteiger partial charge is 0.248 e. The molecule has 0 radical (unpaired) electrons. The minimum atomic E-state index is -0.468. The third-order valence-corrected chi connectivity index (χ3v) is 3.23. The molecule has 0 aromatic heterocycles. The molecule has 0 saturated heterocycles. The molecule has 20 heavy (non-hydrogen) atoms. The Morgan fingerprint density at radius 1 is 1.20 bits per heavy atom. The van der Waals surface area contributed by atoms with Gasteiger partial charge in [0.05, 0.1) is 11.4 Å². The molecular formula is C16H19N3O. The Morgan fingerprint density at radius 3 is 2.55 bits per heavy atom. The van der Waals surface area contributed by atoms with Crippen LogP contribution >= 0.6 is 0 Å². The summed E-state index contributed by atoms with van der Waals surface area (Å²) >= 11 is 0. The van der Waals surface area contributed by atoms with Gasteiger partial charge in [-0.3, -0.25) is 4.79 Å². The summed E-state index contributed by atoms with van der Waals surface area (Å²) in [5.41, 5.74) is 15.5. The van der Waals surface area contributed by atoms with Gasteiger partial charge in [0.15, 0.2) is 0 Å². The topological polar surface area (TPSA) is 72.3 Å². The van der Waals surface area contributed by atoms with Crippen LogP contribution in [0.4, 0.5) is 11.4 Å². The van der Waals surface area contributed by atoms with E-state index in [-0.39, 0.29) is 0 Å². The third-order valence-electron chi connectivity index (χ3n) is 3.23. The molecule has 0 unspecified atom stereocenters. The Balaban J connectivity index is 2.21. The van der Waals surface area contributed by atoms with Gasteiger partial charge in [-0.25, -0.2) is 0 Å². The van der Waals surface area contributed by atoms with Crippen molar-refractivity contribution in [3.63, 3.8) is 0 Å². The molecule has 0 aliphatic rings. The fraction of sp³-hybridized carbons (Fsp3) is 0.188. The Labute approximate surface area is 119 Å². The maximum absolute atomic E-state index is 11.1. The maximum Gasteiger partial charge on any atom is 0.248 e. The SMILES string of the molecule is Cc1cccc(CN(C)c2ccc(C(N)=O)cc2N)c1. The average Bonchev–Trinajstić information content (AvgIpc) is 2.38. The van der Waals surface area contributed by atoms with Crippen LogP contribution in [-0.2, 0) is 6.54 Å². The molecule has 2 rings (SSSR count). The summed E-state index contributed by atoms with van der Waals surface area (Å²) in [7, 11) is 1.97. The number of nitrogens with two attached hydrogens (primary N) is 2. The first kappa shape index (κ1) is 13.9. The number of nitrogens with zero attached hydrogens (tertiary/aromatic N) is 1. The predicted molar refractivity (Wildman–Crippen MR) is 82.7 cm³/mol. The molecule has 1 amide bonds. The summed E-state index contributed by atoms with van der Waals surface area (Å²) in [6, 6.07) is 13.5. The largest absolute Gasteiger partial charge is 0.397 e. The lowest BCUT2D eigenvalue weighted by atomic mass is 10.1. The van der Waals surface area contributed by atoms with Crippen LogP contribution in [0, 0.1) is 6.92 Å². The van der Waals surface area contributed by atoms with Gasteiger partial charge in [-0.05, 0) is 30.7 Å². The Bertz CT molecular complexity index is 637. The highest BCUT2D eigenvalue weighted by molar-refractivity contribution is 5.94. The highest BCUT2D eigenvalue weighted by Crippen LogP contribution is 2.24. The van der Waals surface area contributed by atoms with E-state index >= 15 is 0 Å². The number of amides is 1. The van der Waals surface area contributed by atoms with Crippen molar-refractivity contribution in [2.24, 2.45) is 5.73 Å². The van der Waals surface area contributed by atoms with Crippen LogP contribution in [0.5, 0.6) is 0 Å². The lowest BCUT2D eigenvalue weighted by molar-refractivity contribution is 0.100. The molecule has 4 heteroatoms. The van der Waals surface area contributed by atoms with E-state index in [1.54, 1.807) is 12.1 Å². The van der Waals surface area contributed by atoms with Crippen LogP contribution in [0.15, 0.2) is 42.5 Å². The molecule has 0 heterocycles. The molecule has 4 nitrogen and oxygen atoms in total. The van der Waals surface area contributed by atoms with Crippen LogP contribution in [0.1, 0.15) is 21.5 Å². The standard InChI is InChI=1S/C16H19N3O/c1-11-4-3-5-12(8-11)10-19(2)15-7-6-13(16(18)20)9-14(15)17/h3-9H,10,17H2,1-2H3,(H2,18,20). The number of anilines is 2. The zero-order valence-corrected chi connectivity index (χ0v) is 11.8. The van der Waals surface area contributed by atoms with Crippen LogP contribution in [-0.4, -0.2) is 13.0 Å². The summed E-state index contributed by atoms with van der Waals surface area (Å²) in [5.74, 6) is -0.468. The van der Waals surface area contributed by atoms with Crippen molar-refractivity contribution < 1.29 is 4.79 Å². The highest BCUT2D eigenvalue weighted by Gasteiger charge is 2.09. The second-order valence-corrected chi connectivity index (χ2v) is 4.98. The Morgan fingerprint density at radius 2 is 1.95 bits per heavy atom. The number of carbonyl (C=O) groups excluding carboxylic acids is 1. The van der Waals surface area contributed by atoms with Crippen LogP contribution in [0.25, 0.3) is 0 Å². The summed E-state index contributed by atoms with van der Waals surface area (Å²) in [6.45, 7) is 2.82. The van der Waals surface area contributed by atoms with Gasteiger partial charge in [0.25, 0.3) is 0 Å². The first-order chi connectivity index (χ1) is 9.47. The van der Waals surface area contributed by atoms with E-state index in [0.29, 0.717) is 11.3 Å². The van der Waals surface area contributed by atoms with E-state index in [9.17, 15) is 4.79 Å². The van der Waals surface area contributed by atoms with E-state index in [1.165, 1.54) is 11.1 Å². The Kier molecular flexibility index (Phi) is 3.94. The molecule has 2 aromatic rings. The number of hydrogen-bond acceptors (Lipinski definition) is 3. The van der Waals surface area contributed by atoms with Gasteiger partial charge in [-0.2, -0.15) is 0 Å². The number of carbonyl (C=O) groups is 1. The van der Waals surface area contributed by atoms with E-state index in [2.05, 4.69) is 30.0 Å². The molecule has 4 N–H and O–H groups in total. The molecule has 0 aliphatic heterocycles. The highest BCUT2D eigenvalue weighted by atomic mass is 16.1. The molecule has 104 valence electrons. The summed E-state index contributed by atoms with van der Waals surface area (Å²) in [6.07, 6.45) is 0. The quantitative estimate of drug-likeness (QED) is 0.837. The lowest BCUT2D eigenvalue weighted by Gasteiger charge is -2.21. The first-order valence-corrected chi connectivity index (χ1v) is 6.43. The van der Waals surface area contributed by atoms with Crippen molar-refractivity contribution in [2.75, 3.05) is 17.7 Å². The van der Waals surface area contributed by atoms with Crippen molar-refractivity contribution in [1.29, 1.82) is 0 Å². The molecule has 0 aliphatic carbocycles. The van der Waals surface area contributed by atoms with E-state index < -0.39 is 5.91 Å². The zero-order chi connectivity index (χ0) is 14.7. The van der Waals surface area contributed by atoms with Gasteiger partial charge in [0, 0.05) is 19.2 Å². The fourth-order valence-corrected chi connectivity index (χ4v) is 2.22. The fourth-order valence-electron chi connectivity index (χ4n) is 2.22. The summed E-state index contributed by atoms with van der Waals surface area (Å²) in [4.78, 5) is 13.2. The maximum atomic E-state index is 11.1. The predicted octanol–water partition coefficient (Wildman–Crippen LogP) is 2.31. The minimum absolute atomic E-state index is 0.426. The second-order valence-electron chi connectivity index (χ2n) is 4.98. The van der Waals surface area contributed by atoms with Crippen molar-refractivity contribution in [3.8, 4) is 0 Å². The molecule has 0 atom stereocenters. The number of primary amides is 1. The number of aryl methyl sites for hydroxylation is 1. The molecule has 0 spiro atoms. The van der Waals surface area contributed by atoms with Crippen molar-refractivity contribution in [1.82, 2.24) is 0 Å². The van der Waals surface area contributed by atoms with Crippen molar-refractivity contribution in [3.05, 3.63) is 59.2 Å². The molecule has 2 aromatic carbocycles.